The highest BCUT2D eigenvalue weighted by atomic mass is 32.2. The maximum absolute atomic E-state index is 12.9. The fourth-order valence-electron chi connectivity index (χ4n) is 3.40. The number of hydrogen-bond acceptors (Lipinski definition) is 8. The summed E-state index contributed by atoms with van der Waals surface area (Å²) in [6.07, 6.45) is 0. The molecule has 2 atom stereocenters. The van der Waals surface area contributed by atoms with E-state index in [9.17, 15) is 14.4 Å². The molecule has 2 aliphatic rings. The van der Waals surface area contributed by atoms with Gasteiger partial charge in [0, 0.05) is 0 Å². The predicted molar refractivity (Wildman–Crippen MR) is 107 cm³/mol. The zero-order chi connectivity index (χ0) is 21.3. The van der Waals surface area contributed by atoms with Crippen molar-refractivity contribution < 1.29 is 28.6 Å². The number of nitrogens with two attached hydrogens (primary N) is 1. The van der Waals surface area contributed by atoms with Gasteiger partial charge in [-0.1, -0.05) is 23.9 Å². The highest BCUT2D eigenvalue weighted by Crippen LogP contribution is 2.50. The van der Waals surface area contributed by atoms with E-state index in [0.29, 0.717) is 16.3 Å². The van der Waals surface area contributed by atoms with Crippen LogP contribution in [0.5, 0.6) is 5.75 Å². The van der Waals surface area contributed by atoms with Crippen molar-refractivity contribution in [2.75, 3.05) is 20.8 Å². The second-order valence-electron chi connectivity index (χ2n) is 6.37. The van der Waals surface area contributed by atoms with Gasteiger partial charge in [0.05, 0.1) is 48.2 Å². The van der Waals surface area contributed by atoms with Crippen LogP contribution in [0.15, 0.2) is 46.3 Å². The summed E-state index contributed by atoms with van der Waals surface area (Å²) in [5.41, 5.74) is 7.08. The van der Waals surface area contributed by atoms with Gasteiger partial charge in [0.15, 0.2) is 0 Å². The summed E-state index contributed by atoms with van der Waals surface area (Å²) in [5.74, 6) is -2.02. The van der Waals surface area contributed by atoms with Gasteiger partial charge in [-0.15, -0.1) is 0 Å². The molecule has 0 aliphatic carbocycles. The van der Waals surface area contributed by atoms with Gasteiger partial charge in [-0.3, -0.25) is 9.69 Å². The van der Waals surface area contributed by atoms with E-state index >= 15 is 0 Å². The Balaban J connectivity index is 2.31. The molecule has 1 amide bonds. The molecule has 29 heavy (non-hydrogen) atoms. The zero-order valence-electron chi connectivity index (χ0n) is 16.6. The molecule has 2 N–H and O–H groups in total. The molecule has 154 valence electrons. The topological polar surface area (TPSA) is 108 Å². The van der Waals surface area contributed by atoms with E-state index in [1.165, 1.54) is 30.9 Å². The molecule has 1 fully saturated rings. The monoisotopic (exact) mass is 418 g/mol. The van der Waals surface area contributed by atoms with Gasteiger partial charge in [-0.2, -0.15) is 0 Å². The molecule has 1 saturated heterocycles. The lowest BCUT2D eigenvalue weighted by Gasteiger charge is -2.33. The van der Waals surface area contributed by atoms with Crippen molar-refractivity contribution in [1.82, 2.24) is 4.90 Å². The fourth-order valence-corrected chi connectivity index (χ4v) is 4.56. The van der Waals surface area contributed by atoms with Crippen LogP contribution in [0.1, 0.15) is 25.3 Å². The minimum absolute atomic E-state index is 0.0207. The van der Waals surface area contributed by atoms with E-state index in [0.717, 1.165) is 0 Å². The highest BCUT2D eigenvalue weighted by molar-refractivity contribution is 8.04. The van der Waals surface area contributed by atoms with Gasteiger partial charge in [-0.05, 0) is 31.5 Å². The fraction of sp³-hybridized carbons (Fsp3) is 0.350. The van der Waals surface area contributed by atoms with Crippen molar-refractivity contribution in [2.45, 2.75) is 25.0 Å². The summed E-state index contributed by atoms with van der Waals surface area (Å²) < 4.78 is 15.5. The third kappa shape index (κ3) is 3.46. The molecule has 0 unspecified atom stereocenters. The van der Waals surface area contributed by atoms with Crippen molar-refractivity contribution >= 4 is 29.6 Å². The Hall–Kier alpha value is -2.94. The molecule has 3 rings (SSSR count). The Bertz CT molecular complexity index is 939. The Kier molecular flexibility index (Phi) is 5.88. The summed E-state index contributed by atoms with van der Waals surface area (Å²) in [6.45, 7) is 3.49. The number of esters is 2. The summed E-state index contributed by atoms with van der Waals surface area (Å²) in [4.78, 5) is 39.6. The first-order chi connectivity index (χ1) is 13.8. The molecule has 0 aromatic heterocycles. The van der Waals surface area contributed by atoms with Crippen LogP contribution in [0, 0.1) is 0 Å². The lowest BCUT2D eigenvalue weighted by atomic mass is 9.82. The van der Waals surface area contributed by atoms with Crippen molar-refractivity contribution in [3.05, 3.63) is 51.8 Å². The Morgan fingerprint density at radius 2 is 1.93 bits per heavy atom. The van der Waals surface area contributed by atoms with Gasteiger partial charge in [-0.25, -0.2) is 9.59 Å². The molecule has 2 heterocycles. The number of thioether (sulfide) groups is 1. The smallest absolute Gasteiger partial charge is 0.338 e. The number of amides is 1. The Morgan fingerprint density at radius 3 is 2.55 bits per heavy atom. The molecule has 0 radical (unpaired) electrons. The minimum Gasteiger partial charge on any atom is -0.497 e. The molecule has 1 aromatic rings. The molecule has 8 nitrogen and oxygen atoms in total. The van der Waals surface area contributed by atoms with Crippen molar-refractivity contribution in [3.63, 3.8) is 0 Å². The van der Waals surface area contributed by atoms with Gasteiger partial charge < -0.3 is 19.9 Å². The number of carbonyl (C=O) groups excluding carboxylic acids is 3. The molecule has 0 saturated carbocycles. The molecule has 0 bridgehead atoms. The third-order valence-corrected chi connectivity index (χ3v) is 5.89. The summed E-state index contributed by atoms with van der Waals surface area (Å²) in [6, 6.07) is 6.95. The van der Waals surface area contributed by atoms with E-state index in [1.807, 2.05) is 0 Å². The summed E-state index contributed by atoms with van der Waals surface area (Å²) in [5, 5.41) is -0.0940. The van der Waals surface area contributed by atoms with Crippen molar-refractivity contribution in [3.8, 4) is 5.75 Å². The number of hydrogen-bond donors (Lipinski definition) is 1. The largest absolute Gasteiger partial charge is 0.497 e. The number of nitrogens with zero attached hydrogens (tertiary/aromatic N) is 1. The van der Waals surface area contributed by atoms with Crippen LogP contribution >= 0.6 is 11.8 Å². The van der Waals surface area contributed by atoms with Crippen LogP contribution in [0.2, 0.25) is 0 Å². The molecule has 9 heteroatoms. The number of benzene rings is 1. The van der Waals surface area contributed by atoms with E-state index in [4.69, 9.17) is 19.9 Å². The second-order valence-corrected chi connectivity index (χ2v) is 7.70. The van der Waals surface area contributed by atoms with E-state index in [-0.39, 0.29) is 29.5 Å². The van der Waals surface area contributed by atoms with E-state index < -0.39 is 23.1 Å². The maximum Gasteiger partial charge on any atom is 0.338 e. The minimum atomic E-state index is -0.867. The number of fused-ring (bicyclic) bond motifs is 1. The first-order valence-corrected chi connectivity index (χ1v) is 9.87. The van der Waals surface area contributed by atoms with Gasteiger partial charge in [0.25, 0.3) is 0 Å². The van der Waals surface area contributed by atoms with Gasteiger partial charge >= 0.3 is 11.9 Å². The zero-order valence-corrected chi connectivity index (χ0v) is 17.4. The van der Waals surface area contributed by atoms with Crippen LogP contribution in [-0.4, -0.2) is 48.8 Å². The first kappa shape index (κ1) is 20.8. The van der Waals surface area contributed by atoms with Crippen LogP contribution in [-0.2, 0) is 23.9 Å². The SMILES string of the molecule is CCOC(=O)C1=C(N)N2C(=O)[C@H](C)SC2=C(C(=O)OC)[C@H]1c1cccc(OC)c1. The van der Waals surface area contributed by atoms with Gasteiger partial charge in [0.2, 0.25) is 5.91 Å². The first-order valence-electron chi connectivity index (χ1n) is 8.99. The van der Waals surface area contributed by atoms with Crippen LogP contribution in [0.3, 0.4) is 0 Å². The molecule has 2 aliphatic heterocycles. The summed E-state index contributed by atoms with van der Waals surface area (Å²) >= 11 is 1.21. The van der Waals surface area contributed by atoms with E-state index in [1.54, 1.807) is 38.1 Å². The number of methoxy groups -OCH3 is 2. The van der Waals surface area contributed by atoms with Crippen LogP contribution < -0.4 is 10.5 Å². The normalized spacial score (nSPS) is 21.2. The number of ether oxygens (including phenoxy) is 3. The third-order valence-electron chi connectivity index (χ3n) is 4.71. The van der Waals surface area contributed by atoms with Crippen LogP contribution in [0.4, 0.5) is 0 Å². The lowest BCUT2D eigenvalue weighted by molar-refractivity contribution is -0.139. The second kappa shape index (κ2) is 8.20. The summed E-state index contributed by atoms with van der Waals surface area (Å²) in [7, 11) is 2.77. The maximum atomic E-state index is 12.9. The number of carbonyl (C=O) groups is 3. The Morgan fingerprint density at radius 1 is 1.21 bits per heavy atom. The molecular weight excluding hydrogens is 396 g/mol. The molecule has 0 spiro atoms. The molecule has 1 aromatic carbocycles. The lowest BCUT2D eigenvalue weighted by Crippen LogP contribution is -2.40. The van der Waals surface area contributed by atoms with Crippen molar-refractivity contribution in [2.24, 2.45) is 5.73 Å². The standard InChI is InChI=1S/C20H22N2O6S/c1-5-28-20(25)14-13(11-7-6-8-12(9-11)26-3)15(19(24)27-4)18-22(16(14)21)17(23)10(2)29-18/h6-10,13H,5,21H2,1-4H3/t10-,13-/m0/s1. The quantitative estimate of drug-likeness (QED) is 0.722. The predicted octanol–water partition coefficient (Wildman–Crippen LogP) is 1.87. The van der Waals surface area contributed by atoms with E-state index in [2.05, 4.69) is 0 Å². The number of rotatable bonds is 5. The Labute approximate surface area is 172 Å². The average Bonchev–Trinajstić information content (AvgIpc) is 3.01. The van der Waals surface area contributed by atoms with Gasteiger partial charge in [0.1, 0.15) is 11.6 Å². The average molecular weight is 418 g/mol. The van der Waals surface area contributed by atoms with Crippen LogP contribution in [0.25, 0.3) is 0 Å². The highest BCUT2D eigenvalue weighted by Gasteiger charge is 2.49. The van der Waals surface area contributed by atoms with Crippen molar-refractivity contribution in [1.29, 1.82) is 0 Å². The molecular formula is C20H22N2O6S.